The number of phenolic OH excluding ortho intramolecular Hbond substituents is 1. The standard InChI is InChI=1S/C36H44BClN2O5/c1-3-7-26-19-29-34(36(43)40(35(29)42)27-14-16-39(17-15-27)22-24-8-5-4-6-9-24)30-21-37(44)45-32(33(26)30)13-10-23(2)18-25-11-12-28(41)20-31(25)38/h4-6,8-9,11-12,18,20,27,29-30,32,34,41,44H,3,7,10,13-17,19,21-22H2,1-2H3/b23-18+/t29-,30+,32-,34-/m1/s1. The molecule has 4 atom stereocenters. The molecule has 9 heteroatoms. The molecule has 6 rings (SSSR count). The van der Waals surface area contributed by atoms with Crippen LogP contribution in [-0.2, 0) is 20.8 Å². The van der Waals surface area contributed by atoms with Crippen LogP contribution in [0, 0.1) is 17.8 Å². The van der Waals surface area contributed by atoms with E-state index in [1.807, 2.05) is 19.1 Å². The summed E-state index contributed by atoms with van der Waals surface area (Å²) in [6.45, 7) is 6.79. The topological polar surface area (TPSA) is 90.3 Å². The minimum Gasteiger partial charge on any atom is -0.508 e. The largest absolute Gasteiger partial charge is 0.508 e. The third-order valence-corrected chi connectivity index (χ3v) is 10.6. The zero-order valence-electron chi connectivity index (χ0n) is 26.3. The van der Waals surface area contributed by atoms with Crippen LogP contribution in [0.3, 0.4) is 0 Å². The van der Waals surface area contributed by atoms with Crippen LogP contribution in [0.1, 0.15) is 69.9 Å². The Hall–Kier alpha value is -2.91. The Morgan fingerprint density at radius 3 is 2.56 bits per heavy atom. The summed E-state index contributed by atoms with van der Waals surface area (Å²) in [6, 6.07) is 15.3. The van der Waals surface area contributed by atoms with E-state index < -0.39 is 13.0 Å². The van der Waals surface area contributed by atoms with Crippen molar-refractivity contribution in [1.29, 1.82) is 0 Å². The first-order chi connectivity index (χ1) is 21.7. The third-order valence-electron chi connectivity index (χ3n) is 10.3. The molecule has 0 unspecified atom stereocenters. The zero-order chi connectivity index (χ0) is 31.7. The van der Waals surface area contributed by atoms with Crippen molar-refractivity contribution < 1.29 is 24.4 Å². The van der Waals surface area contributed by atoms with E-state index in [1.54, 1.807) is 17.0 Å². The number of carbonyl (C=O) groups excluding carboxylic acids is 2. The molecule has 2 N–H and O–H groups in total. The molecular weight excluding hydrogens is 587 g/mol. The van der Waals surface area contributed by atoms with E-state index in [9.17, 15) is 19.7 Å². The highest BCUT2D eigenvalue weighted by atomic mass is 35.5. The van der Waals surface area contributed by atoms with Crippen LogP contribution in [0.15, 0.2) is 65.3 Å². The van der Waals surface area contributed by atoms with Gasteiger partial charge in [0, 0.05) is 25.7 Å². The van der Waals surface area contributed by atoms with E-state index in [-0.39, 0.29) is 41.5 Å². The van der Waals surface area contributed by atoms with Crippen molar-refractivity contribution in [2.45, 2.75) is 83.8 Å². The van der Waals surface area contributed by atoms with Crippen molar-refractivity contribution in [2.75, 3.05) is 13.1 Å². The Bertz CT molecular complexity index is 1470. The molecule has 2 amide bonds. The lowest BCUT2D eigenvalue weighted by Crippen LogP contribution is -2.48. The van der Waals surface area contributed by atoms with Gasteiger partial charge in [0.2, 0.25) is 11.8 Å². The number of rotatable bonds is 9. The average Bonchev–Trinajstić information content (AvgIpc) is 3.27. The zero-order valence-corrected chi connectivity index (χ0v) is 27.1. The van der Waals surface area contributed by atoms with E-state index in [0.717, 1.165) is 68.4 Å². The molecule has 2 aromatic carbocycles. The summed E-state index contributed by atoms with van der Waals surface area (Å²) in [7, 11) is -0.973. The number of carbonyl (C=O) groups is 2. The summed E-state index contributed by atoms with van der Waals surface area (Å²) in [5, 5.41) is 21.1. The number of aromatic hydroxyl groups is 1. The normalized spacial score (nSPS) is 26.4. The van der Waals surface area contributed by atoms with E-state index in [0.29, 0.717) is 24.2 Å². The lowest BCUT2D eigenvalue weighted by molar-refractivity contribution is -0.144. The number of benzene rings is 2. The van der Waals surface area contributed by atoms with Gasteiger partial charge in [0.25, 0.3) is 0 Å². The highest BCUT2D eigenvalue weighted by Crippen LogP contribution is 2.52. The summed E-state index contributed by atoms with van der Waals surface area (Å²) in [6.07, 6.45) is 7.44. The molecule has 3 heterocycles. The van der Waals surface area contributed by atoms with Gasteiger partial charge in [-0.05, 0) is 92.6 Å². The molecular formula is C36H44BClN2O5. The number of fused-ring (bicyclic) bond motifs is 3. The molecule has 0 radical (unpaired) electrons. The molecule has 3 aliphatic heterocycles. The fourth-order valence-electron chi connectivity index (χ4n) is 8.19. The lowest BCUT2D eigenvalue weighted by Gasteiger charge is -2.43. The van der Waals surface area contributed by atoms with Crippen molar-refractivity contribution in [3.05, 3.63) is 81.4 Å². The van der Waals surface area contributed by atoms with Gasteiger partial charge in [0.05, 0.1) is 23.0 Å². The molecule has 2 aromatic rings. The van der Waals surface area contributed by atoms with Gasteiger partial charge in [-0.25, -0.2) is 0 Å². The van der Waals surface area contributed by atoms with Crippen LogP contribution in [0.25, 0.3) is 6.08 Å². The van der Waals surface area contributed by atoms with Crippen LogP contribution in [0.2, 0.25) is 11.3 Å². The lowest BCUT2D eigenvalue weighted by atomic mass is 9.58. The van der Waals surface area contributed by atoms with Crippen molar-refractivity contribution in [2.24, 2.45) is 17.8 Å². The first-order valence-electron chi connectivity index (χ1n) is 16.6. The molecule has 0 bridgehead atoms. The highest BCUT2D eigenvalue weighted by molar-refractivity contribution is 6.43. The number of imide groups is 1. The number of allylic oxidation sites excluding steroid dienone is 2. The summed E-state index contributed by atoms with van der Waals surface area (Å²) >= 11 is 6.34. The average molecular weight is 631 g/mol. The van der Waals surface area contributed by atoms with E-state index in [4.69, 9.17) is 16.3 Å². The Morgan fingerprint density at radius 1 is 1.09 bits per heavy atom. The van der Waals surface area contributed by atoms with E-state index in [2.05, 4.69) is 36.1 Å². The fourth-order valence-corrected chi connectivity index (χ4v) is 8.42. The minimum absolute atomic E-state index is 0.0127. The number of amides is 2. The molecule has 4 aliphatic rings. The molecule has 7 nitrogen and oxygen atoms in total. The van der Waals surface area contributed by atoms with Gasteiger partial charge in [-0.1, -0.05) is 72.5 Å². The van der Waals surface area contributed by atoms with Gasteiger partial charge in [0.15, 0.2) is 0 Å². The fraction of sp³-hybridized carbons (Fsp3) is 0.500. The second-order valence-electron chi connectivity index (χ2n) is 13.3. The summed E-state index contributed by atoms with van der Waals surface area (Å²) < 4.78 is 6.18. The predicted octanol–water partition coefficient (Wildman–Crippen LogP) is 6.49. The van der Waals surface area contributed by atoms with Gasteiger partial charge in [-0.2, -0.15) is 0 Å². The maximum absolute atomic E-state index is 14.2. The first-order valence-corrected chi connectivity index (χ1v) is 17.0. The van der Waals surface area contributed by atoms with Gasteiger partial charge in [-0.3, -0.25) is 19.4 Å². The Morgan fingerprint density at radius 2 is 1.84 bits per heavy atom. The smallest absolute Gasteiger partial charge is 0.455 e. The molecule has 3 fully saturated rings. The molecule has 238 valence electrons. The van der Waals surface area contributed by atoms with Crippen LogP contribution < -0.4 is 0 Å². The highest BCUT2D eigenvalue weighted by Gasteiger charge is 2.58. The molecule has 0 spiro atoms. The number of hydrogen-bond acceptors (Lipinski definition) is 6. The van der Waals surface area contributed by atoms with Crippen LogP contribution >= 0.6 is 11.6 Å². The maximum atomic E-state index is 14.2. The third kappa shape index (κ3) is 6.80. The predicted molar refractivity (Wildman–Crippen MR) is 177 cm³/mol. The van der Waals surface area contributed by atoms with Crippen molar-refractivity contribution >= 4 is 36.6 Å². The van der Waals surface area contributed by atoms with E-state index in [1.165, 1.54) is 17.2 Å². The molecule has 1 aliphatic carbocycles. The summed E-state index contributed by atoms with van der Waals surface area (Å²) in [5.41, 5.74) is 5.61. The van der Waals surface area contributed by atoms with Gasteiger partial charge in [0.1, 0.15) is 5.75 Å². The van der Waals surface area contributed by atoms with Crippen LogP contribution in [-0.4, -0.2) is 64.1 Å². The van der Waals surface area contributed by atoms with Crippen molar-refractivity contribution in [1.82, 2.24) is 9.80 Å². The van der Waals surface area contributed by atoms with Gasteiger partial charge < -0.3 is 14.8 Å². The molecule has 0 aromatic heterocycles. The Labute approximate surface area is 272 Å². The van der Waals surface area contributed by atoms with Crippen molar-refractivity contribution in [3.63, 3.8) is 0 Å². The van der Waals surface area contributed by atoms with Gasteiger partial charge >= 0.3 is 7.12 Å². The van der Waals surface area contributed by atoms with E-state index >= 15 is 0 Å². The molecule has 3 saturated heterocycles. The SMILES string of the molecule is CCCC1=C2[C@@H](CC/C(C)=C/c3ccc(O)cc3Cl)OB(O)C[C@@H]2[C@@H]2C(=O)N(C3CCN(Cc4ccccc4)CC3)C(=O)[C@@H]2C1. The number of likely N-dealkylation sites (tertiary alicyclic amines) is 2. The second-order valence-corrected chi connectivity index (χ2v) is 13.7. The van der Waals surface area contributed by atoms with Gasteiger partial charge in [-0.15, -0.1) is 0 Å². The molecule has 45 heavy (non-hydrogen) atoms. The Balaban J connectivity index is 1.17. The quantitative estimate of drug-likeness (QED) is 0.187. The first kappa shape index (κ1) is 32.1. The minimum atomic E-state index is -0.973. The number of piperidine rings is 1. The second kappa shape index (κ2) is 13.8. The number of hydrogen-bond donors (Lipinski definition) is 2. The maximum Gasteiger partial charge on any atom is 0.455 e. The van der Waals surface area contributed by atoms with Crippen molar-refractivity contribution in [3.8, 4) is 5.75 Å². The number of phenols is 1. The Kier molecular flexibility index (Phi) is 9.86. The summed E-state index contributed by atoms with van der Waals surface area (Å²) in [4.78, 5) is 32.2. The number of nitrogens with zero attached hydrogens (tertiary/aromatic N) is 2. The number of halogens is 1. The monoisotopic (exact) mass is 630 g/mol. The van der Waals surface area contributed by atoms with Crippen LogP contribution in [0.5, 0.6) is 5.75 Å². The van der Waals surface area contributed by atoms with Crippen LogP contribution in [0.4, 0.5) is 0 Å². The molecule has 0 saturated carbocycles. The summed E-state index contributed by atoms with van der Waals surface area (Å²) in [5.74, 6) is -0.891.